The van der Waals surface area contributed by atoms with Crippen molar-refractivity contribution in [2.45, 2.75) is 12.8 Å². The minimum atomic E-state index is -0.658. The number of benzene rings is 1. The molecular formula is C16H16N2O3. The van der Waals surface area contributed by atoms with Crippen LogP contribution < -0.4 is 5.56 Å². The maximum atomic E-state index is 12.4. The molecule has 0 aliphatic carbocycles. The van der Waals surface area contributed by atoms with Crippen molar-refractivity contribution in [1.29, 1.82) is 5.26 Å². The SMILES string of the molecule is COC(OC)c1ccc(C#N)c(=O)n1Cc1ccccc1. The van der Waals surface area contributed by atoms with Crippen molar-refractivity contribution in [1.82, 2.24) is 4.57 Å². The lowest BCUT2D eigenvalue weighted by molar-refractivity contribution is -0.110. The number of ether oxygens (including phenoxy) is 2. The number of nitriles is 1. The van der Waals surface area contributed by atoms with E-state index in [1.54, 1.807) is 6.07 Å². The summed E-state index contributed by atoms with van der Waals surface area (Å²) >= 11 is 0. The number of pyridine rings is 1. The van der Waals surface area contributed by atoms with E-state index in [0.29, 0.717) is 12.2 Å². The van der Waals surface area contributed by atoms with E-state index in [1.807, 2.05) is 36.4 Å². The Balaban J connectivity index is 2.54. The number of hydrogen-bond donors (Lipinski definition) is 0. The first-order chi connectivity index (χ1) is 10.2. The Bertz CT molecular complexity index is 698. The molecule has 0 atom stereocenters. The van der Waals surface area contributed by atoms with Crippen molar-refractivity contribution in [3.8, 4) is 6.07 Å². The van der Waals surface area contributed by atoms with Crippen LogP contribution in [-0.2, 0) is 16.0 Å². The standard InChI is InChI=1S/C16H16N2O3/c1-20-16(21-2)14-9-8-13(10-17)15(19)18(14)11-12-6-4-3-5-7-12/h3-9,16H,11H2,1-2H3. The maximum Gasteiger partial charge on any atom is 0.269 e. The molecule has 108 valence electrons. The van der Waals surface area contributed by atoms with Crippen LogP contribution in [0.3, 0.4) is 0 Å². The minimum Gasteiger partial charge on any atom is -0.350 e. The first kappa shape index (κ1) is 15.0. The summed E-state index contributed by atoms with van der Waals surface area (Å²) in [6.45, 7) is 0.355. The van der Waals surface area contributed by atoms with Crippen molar-refractivity contribution >= 4 is 0 Å². The largest absolute Gasteiger partial charge is 0.350 e. The van der Waals surface area contributed by atoms with Crippen LogP contribution in [0.4, 0.5) is 0 Å². The van der Waals surface area contributed by atoms with Gasteiger partial charge in [-0.2, -0.15) is 5.26 Å². The molecule has 0 aliphatic heterocycles. The molecule has 0 radical (unpaired) electrons. The van der Waals surface area contributed by atoms with Crippen LogP contribution in [0.15, 0.2) is 47.3 Å². The molecule has 0 aliphatic rings. The molecule has 2 aromatic rings. The van der Waals surface area contributed by atoms with Crippen molar-refractivity contribution < 1.29 is 9.47 Å². The molecule has 1 aromatic carbocycles. The van der Waals surface area contributed by atoms with Crippen LogP contribution in [0.5, 0.6) is 0 Å². The van der Waals surface area contributed by atoms with Gasteiger partial charge >= 0.3 is 0 Å². The predicted molar refractivity (Wildman–Crippen MR) is 77.7 cm³/mol. The van der Waals surface area contributed by atoms with E-state index in [2.05, 4.69) is 0 Å². The zero-order valence-corrected chi connectivity index (χ0v) is 11.9. The Kier molecular flexibility index (Phi) is 4.88. The molecule has 1 aromatic heterocycles. The Hall–Kier alpha value is -2.42. The van der Waals surface area contributed by atoms with Gasteiger partial charge in [0.05, 0.1) is 12.2 Å². The molecule has 21 heavy (non-hydrogen) atoms. The summed E-state index contributed by atoms with van der Waals surface area (Å²) in [6, 6.07) is 14.6. The van der Waals surface area contributed by atoms with E-state index in [4.69, 9.17) is 14.7 Å². The Morgan fingerprint density at radius 2 is 1.81 bits per heavy atom. The van der Waals surface area contributed by atoms with E-state index in [0.717, 1.165) is 5.56 Å². The van der Waals surface area contributed by atoms with Gasteiger partial charge < -0.3 is 14.0 Å². The molecule has 5 heteroatoms. The van der Waals surface area contributed by atoms with Crippen molar-refractivity contribution in [3.05, 3.63) is 69.6 Å². The first-order valence-electron chi connectivity index (χ1n) is 6.44. The quantitative estimate of drug-likeness (QED) is 0.788. The minimum absolute atomic E-state index is 0.0978. The van der Waals surface area contributed by atoms with E-state index < -0.39 is 6.29 Å². The smallest absolute Gasteiger partial charge is 0.269 e. The summed E-state index contributed by atoms with van der Waals surface area (Å²) in [5.74, 6) is 0. The summed E-state index contributed by atoms with van der Waals surface area (Å²) in [5, 5.41) is 9.03. The van der Waals surface area contributed by atoms with Crippen LogP contribution in [0.25, 0.3) is 0 Å². The van der Waals surface area contributed by atoms with Crippen molar-refractivity contribution in [2.75, 3.05) is 14.2 Å². The van der Waals surface area contributed by atoms with Crippen LogP contribution >= 0.6 is 0 Å². The number of hydrogen-bond acceptors (Lipinski definition) is 4. The van der Waals surface area contributed by atoms with Crippen LogP contribution in [0.1, 0.15) is 23.1 Å². The van der Waals surface area contributed by atoms with Gasteiger partial charge in [-0.3, -0.25) is 4.79 Å². The summed E-state index contributed by atoms with van der Waals surface area (Å²) < 4.78 is 12.0. The second-order valence-electron chi connectivity index (χ2n) is 4.46. The maximum absolute atomic E-state index is 12.4. The van der Waals surface area contributed by atoms with Gasteiger partial charge in [0.15, 0.2) is 6.29 Å². The second-order valence-corrected chi connectivity index (χ2v) is 4.46. The highest BCUT2D eigenvalue weighted by Crippen LogP contribution is 2.17. The topological polar surface area (TPSA) is 64.2 Å². The van der Waals surface area contributed by atoms with Crippen molar-refractivity contribution in [3.63, 3.8) is 0 Å². The van der Waals surface area contributed by atoms with Crippen LogP contribution in [0, 0.1) is 11.3 Å². The van der Waals surface area contributed by atoms with Gasteiger partial charge in [0.2, 0.25) is 0 Å². The Morgan fingerprint density at radius 1 is 1.14 bits per heavy atom. The van der Waals surface area contributed by atoms with Crippen LogP contribution in [-0.4, -0.2) is 18.8 Å². The molecule has 0 saturated carbocycles. The Morgan fingerprint density at radius 3 is 2.38 bits per heavy atom. The lowest BCUT2D eigenvalue weighted by Gasteiger charge is -2.19. The van der Waals surface area contributed by atoms with E-state index >= 15 is 0 Å². The highest BCUT2D eigenvalue weighted by molar-refractivity contribution is 5.29. The molecule has 0 saturated heterocycles. The van der Waals surface area contributed by atoms with Crippen LogP contribution in [0.2, 0.25) is 0 Å². The third-order valence-electron chi connectivity index (χ3n) is 3.18. The molecule has 0 spiro atoms. The number of rotatable bonds is 5. The molecule has 5 nitrogen and oxygen atoms in total. The van der Waals surface area contributed by atoms with Gasteiger partial charge in [-0.05, 0) is 17.7 Å². The number of aromatic nitrogens is 1. The van der Waals surface area contributed by atoms with Crippen molar-refractivity contribution in [2.24, 2.45) is 0 Å². The molecular weight excluding hydrogens is 268 g/mol. The summed E-state index contributed by atoms with van der Waals surface area (Å²) in [4.78, 5) is 12.4. The lowest BCUT2D eigenvalue weighted by Crippen LogP contribution is -2.28. The Labute approximate surface area is 123 Å². The normalized spacial score (nSPS) is 10.6. The summed E-state index contributed by atoms with van der Waals surface area (Å²) in [5.41, 5.74) is 1.29. The molecule has 0 N–H and O–H groups in total. The van der Waals surface area contributed by atoms with Gasteiger partial charge in [0.25, 0.3) is 5.56 Å². The molecule has 0 bridgehead atoms. The van der Waals surface area contributed by atoms with Gasteiger partial charge in [0, 0.05) is 14.2 Å². The molecule has 0 amide bonds. The fourth-order valence-corrected chi connectivity index (χ4v) is 2.15. The third-order valence-corrected chi connectivity index (χ3v) is 3.18. The zero-order chi connectivity index (χ0) is 15.2. The molecule has 0 unspecified atom stereocenters. The zero-order valence-electron chi connectivity index (χ0n) is 11.9. The average Bonchev–Trinajstić information content (AvgIpc) is 2.52. The fourth-order valence-electron chi connectivity index (χ4n) is 2.15. The van der Waals surface area contributed by atoms with E-state index in [9.17, 15) is 4.79 Å². The van der Waals surface area contributed by atoms with Gasteiger partial charge in [-0.1, -0.05) is 30.3 Å². The highest BCUT2D eigenvalue weighted by atomic mass is 16.7. The molecule has 2 rings (SSSR count). The third kappa shape index (κ3) is 3.19. The highest BCUT2D eigenvalue weighted by Gasteiger charge is 2.17. The summed E-state index contributed by atoms with van der Waals surface area (Å²) in [6.07, 6.45) is -0.658. The number of methoxy groups -OCH3 is 2. The van der Waals surface area contributed by atoms with Gasteiger partial charge in [-0.15, -0.1) is 0 Å². The lowest BCUT2D eigenvalue weighted by atomic mass is 10.2. The second kappa shape index (κ2) is 6.84. The van der Waals surface area contributed by atoms with E-state index in [-0.39, 0.29) is 11.1 Å². The average molecular weight is 284 g/mol. The predicted octanol–water partition coefficient (Wildman–Crippen LogP) is 2.06. The molecule has 0 fully saturated rings. The molecule has 1 heterocycles. The van der Waals surface area contributed by atoms with E-state index in [1.165, 1.54) is 24.9 Å². The summed E-state index contributed by atoms with van der Waals surface area (Å²) in [7, 11) is 3.01. The monoisotopic (exact) mass is 284 g/mol. The van der Waals surface area contributed by atoms with Gasteiger partial charge in [0.1, 0.15) is 11.6 Å². The number of nitrogens with zero attached hydrogens (tertiary/aromatic N) is 2. The fraction of sp³-hybridized carbons (Fsp3) is 0.250. The van der Waals surface area contributed by atoms with Gasteiger partial charge in [-0.25, -0.2) is 0 Å². The first-order valence-corrected chi connectivity index (χ1v) is 6.44.